The van der Waals surface area contributed by atoms with Crippen LogP contribution in [0.5, 0.6) is 5.75 Å². The second-order valence-electron chi connectivity index (χ2n) is 6.70. The smallest absolute Gasteiger partial charge is 0.197 e. The molecule has 3 nitrogen and oxygen atoms in total. The Kier molecular flexibility index (Phi) is 4.04. The first-order valence-electron chi connectivity index (χ1n) is 8.57. The molecule has 1 heterocycles. The molecule has 3 aromatic carbocycles. The number of phenolic OH excluding ortho intramolecular Hbond substituents is 1. The lowest BCUT2D eigenvalue weighted by Crippen LogP contribution is -2.03. The first-order chi connectivity index (χ1) is 12.9. The summed E-state index contributed by atoms with van der Waals surface area (Å²) >= 11 is 0. The lowest BCUT2D eigenvalue weighted by molar-refractivity contribution is 0.104. The monoisotopic (exact) mass is 360 g/mol. The number of hydrogen-bond donors (Lipinski definition) is 1. The number of rotatable bonds is 3. The summed E-state index contributed by atoms with van der Waals surface area (Å²) in [4.78, 5) is 13.4. The van der Waals surface area contributed by atoms with Gasteiger partial charge in [0.25, 0.3) is 0 Å². The van der Waals surface area contributed by atoms with Crippen LogP contribution in [0.3, 0.4) is 0 Å². The third-order valence-electron chi connectivity index (χ3n) is 4.49. The van der Waals surface area contributed by atoms with Crippen LogP contribution in [0.15, 0.2) is 65.1 Å². The molecule has 0 aliphatic carbocycles. The second kappa shape index (κ2) is 6.40. The van der Waals surface area contributed by atoms with Crippen molar-refractivity contribution in [1.29, 1.82) is 0 Å². The van der Waals surface area contributed by atoms with E-state index >= 15 is 0 Å². The Hall–Kier alpha value is -3.40. The third-order valence-corrected chi connectivity index (χ3v) is 4.49. The summed E-state index contributed by atoms with van der Waals surface area (Å²) in [6.45, 7) is 3.86. The molecule has 0 unspecified atom stereocenters. The molecule has 0 fully saturated rings. The number of aromatic hydroxyl groups is 1. The first-order valence-corrected chi connectivity index (χ1v) is 8.57. The molecule has 0 radical (unpaired) electrons. The van der Waals surface area contributed by atoms with E-state index in [1.165, 1.54) is 30.3 Å². The molecule has 0 saturated carbocycles. The van der Waals surface area contributed by atoms with Gasteiger partial charge in [-0.05, 0) is 68.4 Å². The van der Waals surface area contributed by atoms with E-state index in [1.54, 1.807) is 12.1 Å². The van der Waals surface area contributed by atoms with Crippen LogP contribution < -0.4 is 0 Å². The van der Waals surface area contributed by atoms with Crippen LogP contribution >= 0.6 is 0 Å². The highest BCUT2D eigenvalue weighted by molar-refractivity contribution is 6.19. The van der Waals surface area contributed by atoms with E-state index in [0.29, 0.717) is 33.4 Å². The van der Waals surface area contributed by atoms with Gasteiger partial charge in [-0.25, -0.2) is 4.39 Å². The topological polar surface area (TPSA) is 50.4 Å². The summed E-state index contributed by atoms with van der Waals surface area (Å²) < 4.78 is 19.8. The number of aryl methyl sites for hydroxylation is 2. The van der Waals surface area contributed by atoms with E-state index in [9.17, 15) is 14.3 Å². The van der Waals surface area contributed by atoms with E-state index in [-0.39, 0.29) is 11.5 Å². The highest BCUT2D eigenvalue weighted by Gasteiger charge is 2.24. The van der Waals surface area contributed by atoms with Crippen LogP contribution in [-0.2, 0) is 0 Å². The molecule has 0 aliphatic rings. The van der Waals surface area contributed by atoms with E-state index < -0.39 is 5.82 Å². The molecule has 1 aromatic heterocycles. The SMILES string of the molecule is Cc1cc(C)cc(C(=O)c2c(-c3ccc(O)cc3)oc3ccc(F)cc23)c1. The first kappa shape index (κ1) is 17.0. The molecule has 4 aromatic rings. The maximum atomic E-state index is 13.9. The van der Waals surface area contributed by atoms with Gasteiger partial charge in [0.2, 0.25) is 0 Å². The maximum Gasteiger partial charge on any atom is 0.197 e. The number of furan rings is 1. The zero-order valence-electron chi connectivity index (χ0n) is 14.9. The van der Waals surface area contributed by atoms with Gasteiger partial charge in [-0.15, -0.1) is 0 Å². The van der Waals surface area contributed by atoms with Crippen LogP contribution in [0, 0.1) is 19.7 Å². The molecule has 4 heteroatoms. The summed E-state index contributed by atoms with van der Waals surface area (Å²) in [6, 6.07) is 16.1. The molecule has 0 amide bonds. The van der Waals surface area contributed by atoms with Gasteiger partial charge in [0, 0.05) is 16.5 Å². The van der Waals surface area contributed by atoms with E-state index in [1.807, 2.05) is 32.0 Å². The standard InChI is InChI=1S/C23H17FO3/c1-13-9-14(2)11-16(10-13)22(26)21-19-12-17(24)5-8-20(19)27-23(21)15-3-6-18(25)7-4-15/h3-12,25H,1-2H3. The van der Waals surface area contributed by atoms with Crippen LogP contribution in [-0.4, -0.2) is 10.9 Å². The number of carbonyl (C=O) groups is 1. The molecule has 0 saturated heterocycles. The van der Waals surface area contributed by atoms with Gasteiger partial charge in [-0.1, -0.05) is 17.2 Å². The van der Waals surface area contributed by atoms with Gasteiger partial charge < -0.3 is 9.52 Å². The maximum absolute atomic E-state index is 13.9. The normalized spacial score (nSPS) is 11.1. The Morgan fingerprint density at radius 1 is 0.926 bits per heavy atom. The van der Waals surface area contributed by atoms with Crippen molar-refractivity contribution in [2.75, 3.05) is 0 Å². The predicted molar refractivity (Wildman–Crippen MR) is 103 cm³/mol. The Morgan fingerprint density at radius 2 is 1.59 bits per heavy atom. The number of hydrogen-bond acceptors (Lipinski definition) is 3. The van der Waals surface area contributed by atoms with Crippen molar-refractivity contribution in [3.05, 3.63) is 88.7 Å². The molecule has 0 atom stereocenters. The van der Waals surface area contributed by atoms with Crippen molar-refractivity contribution in [3.63, 3.8) is 0 Å². The Balaban J connectivity index is 1.99. The summed E-state index contributed by atoms with van der Waals surface area (Å²) in [5.74, 6) is -0.188. The van der Waals surface area contributed by atoms with Crippen molar-refractivity contribution in [2.45, 2.75) is 13.8 Å². The van der Waals surface area contributed by atoms with E-state index in [2.05, 4.69) is 0 Å². The quantitative estimate of drug-likeness (QED) is 0.470. The summed E-state index contributed by atoms with van der Waals surface area (Å²) in [5, 5.41) is 9.98. The summed E-state index contributed by atoms with van der Waals surface area (Å²) in [5.41, 5.74) is 3.87. The molecule has 134 valence electrons. The summed E-state index contributed by atoms with van der Waals surface area (Å²) in [7, 11) is 0. The van der Waals surface area contributed by atoms with Gasteiger partial charge in [0.05, 0.1) is 5.56 Å². The number of ketones is 1. The number of benzene rings is 3. The average Bonchev–Trinajstić information content (AvgIpc) is 2.99. The predicted octanol–water partition coefficient (Wildman–Crippen LogP) is 5.79. The van der Waals surface area contributed by atoms with Crippen LogP contribution in [0.1, 0.15) is 27.0 Å². The molecule has 1 N–H and O–H groups in total. The van der Waals surface area contributed by atoms with Gasteiger partial charge in [-0.2, -0.15) is 0 Å². The van der Waals surface area contributed by atoms with Gasteiger partial charge in [0.1, 0.15) is 22.9 Å². The second-order valence-corrected chi connectivity index (χ2v) is 6.70. The third kappa shape index (κ3) is 3.10. The van der Waals surface area contributed by atoms with Crippen molar-refractivity contribution in [2.24, 2.45) is 0 Å². The number of phenols is 1. The minimum Gasteiger partial charge on any atom is -0.508 e. The van der Waals surface area contributed by atoms with Crippen molar-refractivity contribution in [1.82, 2.24) is 0 Å². The molecule has 27 heavy (non-hydrogen) atoms. The lowest BCUT2D eigenvalue weighted by Gasteiger charge is -2.06. The highest BCUT2D eigenvalue weighted by atomic mass is 19.1. The summed E-state index contributed by atoms with van der Waals surface area (Å²) in [6.07, 6.45) is 0. The molecule has 0 spiro atoms. The van der Waals surface area contributed by atoms with Crippen molar-refractivity contribution < 1.29 is 18.7 Å². The Bertz CT molecular complexity index is 1150. The lowest BCUT2D eigenvalue weighted by atomic mass is 9.95. The molecular weight excluding hydrogens is 343 g/mol. The molecule has 0 bridgehead atoms. The number of fused-ring (bicyclic) bond motifs is 1. The number of halogens is 1. The fraction of sp³-hybridized carbons (Fsp3) is 0.0870. The van der Waals surface area contributed by atoms with Gasteiger partial charge in [0.15, 0.2) is 5.78 Å². The fourth-order valence-corrected chi connectivity index (χ4v) is 3.36. The fourth-order valence-electron chi connectivity index (χ4n) is 3.36. The zero-order valence-corrected chi connectivity index (χ0v) is 14.9. The molecule has 0 aliphatic heterocycles. The molecular formula is C23H17FO3. The van der Waals surface area contributed by atoms with Gasteiger partial charge in [-0.3, -0.25) is 4.79 Å². The van der Waals surface area contributed by atoms with E-state index in [4.69, 9.17) is 4.42 Å². The van der Waals surface area contributed by atoms with Crippen molar-refractivity contribution >= 4 is 16.8 Å². The Morgan fingerprint density at radius 3 is 2.26 bits per heavy atom. The minimum atomic E-state index is -0.435. The van der Waals surface area contributed by atoms with Crippen LogP contribution in [0.4, 0.5) is 4.39 Å². The highest BCUT2D eigenvalue weighted by Crippen LogP contribution is 2.36. The van der Waals surface area contributed by atoms with Gasteiger partial charge >= 0.3 is 0 Å². The van der Waals surface area contributed by atoms with Crippen LogP contribution in [0.2, 0.25) is 0 Å². The number of carbonyl (C=O) groups excluding carboxylic acids is 1. The zero-order chi connectivity index (χ0) is 19.1. The van der Waals surface area contributed by atoms with Crippen LogP contribution in [0.25, 0.3) is 22.3 Å². The Labute approximate surface area is 155 Å². The minimum absolute atomic E-state index is 0.114. The largest absolute Gasteiger partial charge is 0.508 e. The van der Waals surface area contributed by atoms with Crippen molar-refractivity contribution in [3.8, 4) is 17.1 Å². The average molecular weight is 360 g/mol. The van der Waals surface area contributed by atoms with E-state index in [0.717, 1.165) is 11.1 Å². The molecule has 4 rings (SSSR count).